The van der Waals surface area contributed by atoms with E-state index < -0.39 is 11.6 Å². The van der Waals surface area contributed by atoms with Crippen LogP contribution in [0.25, 0.3) is 0 Å². The Balaban J connectivity index is 0.00000320. The fourth-order valence-corrected chi connectivity index (χ4v) is 3.09. The molecule has 0 saturated heterocycles. The molecule has 0 spiro atoms. The second-order valence-corrected chi connectivity index (χ2v) is 7.47. The van der Waals surface area contributed by atoms with Crippen molar-refractivity contribution in [3.8, 4) is 0 Å². The van der Waals surface area contributed by atoms with Crippen molar-refractivity contribution >= 4 is 35.8 Å². The maximum absolute atomic E-state index is 14.2. The summed E-state index contributed by atoms with van der Waals surface area (Å²) in [4.78, 5) is 17.7. The Hall–Kier alpha value is -2.17. The third-order valence-corrected chi connectivity index (χ3v) is 5.07. The standard InChI is InChI=1S/C21H26F2N4O2.HI/c1-27(2)19(28)13-25-20(24-10-7-16-4-3-11-29-16)26-14-21(8-9-21)17-6-5-15(22)12-18(17)23;/h3-6,11-12H,7-10,13-14H2,1-2H3,(H2,24,25,26);1H. The van der Waals surface area contributed by atoms with E-state index in [0.29, 0.717) is 31.0 Å². The van der Waals surface area contributed by atoms with E-state index in [0.717, 1.165) is 24.7 Å². The van der Waals surface area contributed by atoms with Gasteiger partial charge in [-0.2, -0.15) is 0 Å². The van der Waals surface area contributed by atoms with Gasteiger partial charge in [-0.05, 0) is 36.6 Å². The van der Waals surface area contributed by atoms with Gasteiger partial charge < -0.3 is 20.0 Å². The quantitative estimate of drug-likeness (QED) is 0.312. The minimum Gasteiger partial charge on any atom is -0.469 e. The molecule has 1 aromatic carbocycles. The van der Waals surface area contributed by atoms with Crippen LogP contribution in [-0.2, 0) is 16.6 Å². The number of hydrogen-bond acceptors (Lipinski definition) is 3. The Morgan fingerprint density at radius 1 is 1.23 bits per heavy atom. The van der Waals surface area contributed by atoms with Gasteiger partial charge in [0.05, 0.1) is 6.26 Å². The van der Waals surface area contributed by atoms with Crippen LogP contribution in [0.15, 0.2) is 46.0 Å². The van der Waals surface area contributed by atoms with E-state index in [1.165, 1.54) is 17.0 Å². The summed E-state index contributed by atoms with van der Waals surface area (Å²) in [6.07, 6.45) is 3.89. The summed E-state index contributed by atoms with van der Waals surface area (Å²) in [5.41, 5.74) is 0.123. The molecule has 3 rings (SSSR count). The minimum absolute atomic E-state index is 0. The Morgan fingerprint density at radius 2 is 2.00 bits per heavy atom. The predicted octanol–water partition coefficient (Wildman–Crippen LogP) is 3.07. The SMILES string of the molecule is CN(C)C(=O)CN=C(NCCc1ccco1)NCC1(c2ccc(F)cc2F)CC1.I. The molecule has 1 aliphatic carbocycles. The highest BCUT2D eigenvalue weighted by atomic mass is 127. The maximum Gasteiger partial charge on any atom is 0.243 e. The smallest absolute Gasteiger partial charge is 0.243 e. The van der Waals surface area contributed by atoms with E-state index in [2.05, 4.69) is 15.6 Å². The number of carbonyl (C=O) groups excluding carboxylic acids is 1. The van der Waals surface area contributed by atoms with Crippen LogP contribution in [0, 0.1) is 11.6 Å². The number of hydrogen-bond donors (Lipinski definition) is 2. The number of benzene rings is 1. The first-order valence-corrected chi connectivity index (χ1v) is 9.60. The van der Waals surface area contributed by atoms with Crippen molar-refractivity contribution in [1.82, 2.24) is 15.5 Å². The summed E-state index contributed by atoms with van der Waals surface area (Å²) in [5.74, 6) is 0.0760. The number of furan rings is 1. The van der Waals surface area contributed by atoms with Gasteiger partial charge in [0.2, 0.25) is 5.91 Å². The first-order chi connectivity index (χ1) is 13.9. The van der Waals surface area contributed by atoms with Crippen LogP contribution < -0.4 is 10.6 Å². The zero-order valence-corrected chi connectivity index (χ0v) is 19.4. The molecule has 1 amide bonds. The Kier molecular flexibility index (Phi) is 8.63. The largest absolute Gasteiger partial charge is 0.469 e. The second kappa shape index (κ2) is 10.7. The van der Waals surface area contributed by atoms with Crippen LogP contribution in [0.4, 0.5) is 8.78 Å². The first-order valence-electron chi connectivity index (χ1n) is 9.60. The van der Waals surface area contributed by atoms with Gasteiger partial charge in [0, 0.05) is 45.1 Å². The Bertz CT molecular complexity index is 868. The molecule has 2 aromatic rings. The van der Waals surface area contributed by atoms with Crippen molar-refractivity contribution in [3.05, 3.63) is 59.6 Å². The van der Waals surface area contributed by atoms with Crippen LogP contribution >= 0.6 is 24.0 Å². The maximum atomic E-state index is 14.2. The predicted molar refractivity (Wildman–Crippen MR) is 122 cm³/mol. The van der Waals surface area contributed by atoms with Gasteiger partial charge in [-0.15, -0.1) is 24.0 Å². The third kappa shape index (κ3) is 6.41. The van der Waals surface area contributed by atoms with Gasteiger partial charge in [-0.3, -0.25) is 4.79 Å². The van der Waals surface area contributed by atoms with E-state index in [4.69, 9.17) is 4.42 Å². The molecule has 6 nitrogen and oxygen atoms in total. The second-order valence-electron chi connectivity index (χ2n) is 7.47. The molecule has 1 aliphatic rings. The lowest BCUT2D eigenvalue weighted by molar-refractivity contribution is -0.127. The number of likely N-dealkylation sites (N-methyl/N-ethyl adjacent to an activating group) is 1. The molecular weight excluding hydrogens is 505 g/mol. The van der Waals surface area contributed by atoms with Crippen LogP contribution in [0.1, 0.15) is 24.2 Å². The van der Waals surface area contributed by atoms with Crippen LogP contribution in [0.3, 0.4) is 0 Å². The number of rotatable bonds is 8. The molecule has 0 bridgehead atoms. The van der Waals surface area contributed by atoms with E-state index >= 15 is 0 Å². The number of nitrogens with zero attached hydrogens (tertiary/aromatic N) is 2. The lowest BCUT2D eigenvalue weighted by atomic mass is 9.95. The highest BCUT2D eigenvalue weighted by Crippen LogP contribution is 2.48. The van der Waals surface area contributed by atoms with Gasteiger partial charge in [-0.1, -0.05) is 6.07 Å². The topological polar surface area (TPSA) is 69.9 Å². The van der Waals surface area contributed by atoms with Crippen molar-refractivity contribution in [3.63, 3.8) is 0 Å². The molecule has 0 radical (unpaired) electrons. The molecule has 9 heteroatoms. The van der Waals surface area contributed by atoms with Gasteiger partial charge in [0.25, 0.3) is 0 Å². The molecule has 1 heterocycles. The average Bonchev–Trinajstić information content (AvgIpc) is 3.27. The van der Waals surface area contributed by atoms with E-state index in [9.17, 15) is 13.6 Å². The molecule has 0 atom stereocenters. The zero-order valence-electron chi connectivity index (χ0n) is 17.1. The summed E-state index contributed by atoms with van der Waals surface area (Å²) >= 11 is 0. The lowest BCUT2D eigenvalue weighted by Gasteiger charge is -2.20. The monoisotopic (exact) mass is 532 g/mol. The summed E-state index contributed by atoms with van der Waals surface area (Å²) in [5, 5.41) is 6.40. The van der Waals surface area contributed by atoms with Gasteiger partial charge >= 0.3 is 0 Å². The van der Waals surface area contributed by atoms with Crippen molar-refractivity contribution in [2.24, 2.45) is 4.99 Å². The van der Waals surface area contributed by atoms with E-state index in [-0.39, 0.29) is 41.8 Å². The fourth-order valence-electron chi connectivity index (χ4n) is 3.09. The molecule has 0 aliphatic heterocycles. The summed E-state index contributed by atoms with van der Waals surface area (Å²) in [7, 11) is 3.34. The summed E-state index contributed by atoms with van der Waals surface area (Å²) in [6, 6.07) is 7.42. The Labute approximate surface area is 192 Å². The van der Waals surface area contributed by atoms with Crippen LogP contribution in [0.2, 0.25) is 0 Å². The molecule has 1 fully saturated rings. The fraction of sp³-hybridized carbons (Fsp3) is 0.429. The number of aliphatic imine (C=N–C) groups is 1. The molecule has 0 unspecified atom stereocenters. The molecule has 164 valence electrons. The number of nitrogens with one attached hydrogen (secondary N) is 2. The van der Waals surface area contributed by atoms with Gasteiger partial charge in [-0.25, -0.2) is 13.8 Å². The van der Waals surface area contributed by atoms with E-state index in [1.54, 1.807) is 20.4 Å². The number of guanidine groups is 1. The number of carbonyl (C=O) groups is 1. The van der Waals surface area contributed by atoms with Crippen molar-refractivity contribution in [2.45, 2.75) is 24.7 Å². The van der Waals surface area contributed by atoms with Gasteiger partial charge in [0.1, 0.15) is 23.9 Å². The van der Waals surface area contributed by atoms with Crippen LogP contribution in [-0.4, -0.2) is 50.5 Å². The average molecular weight is 532 g/mol. The van der Waals surface area contributed by atoms with Crippen LogP contribution in [0.5, 0.6) is 0 Å². The molecule has 1 aromatic heterocycles. The van der Waals surface area contributed by atoms with E-state index in [1.807, 2.05) is 12.1 Å². The van der Waals surface area contributed by atoms with Crippen molar-refractivity contribution < 1.29 is 18.0 Å². The van der Waals surface area contributed by atoms with Crippen molar-refractivity contribution in [1.29, 1.82) is 0 Å². The van der Waals surface area contributed by atoms with Crippen molar-refractivity contribution in [2.75, 3.05) is 33.7 Å². The molecule has 2 N–H and O–H groups in total. The number of amides is 1. The minimum atomic E-state index is -0.584. The lowest BCUT2D eigenvalue weighted by Crippen LogP contribution is -2.43. The molecule has 30 heavy (non-hydrogen) atoms. The third-order valence-electron chi connectivity index (χ3n) is 5.07. The normalized spacial score (nSPS) is 14.6. The van der Waals surface area contributed by atoms with Gasteiger partial charge in [0.15, 0.2) is 5.96 Å². The molecule has 1 saturated carbocycles. The Morgan fingerprint density at radius 3 is 2.60 bits per heavy atom. The highest BCUT2D eigenvalue weighted by molar-refractivity contribution is 14.0. The first kappa shape index (κ1) is 24.1. The zero-order chi connectivity index (χ0) is 20.9. The number of halogens is 3. The summed E-state index contributed by atoms with van der Waals surface area (Å²) in [6.45, 7) is 1.01. The summed E-state index contributed by atoms with van der Waals surface area (Å²) < 4.78 is 32.8. The highest BCUT2D eigenvalue weighted by Gasteiger charge is 2.46. The molecular formula is C21H27F2IN4O2.